The third-order valence-corrected chi connectivity index (χ3v) is 4.40. The molecular weight excluding hydrogens is 310 g/mol. The highest BCUT2D eigenvalue weighted by Gasteiger charge is 2.10. The van der Waals surface area contributed by atoms with Gasteiger partial charge in [-0.25, -0.2) is 0 Å². The minimum absolute atomic E-state index is 0.358. The van der Waals surface area contributed by atoms with Crippen LogP contribution in [0.3, 0.4) is 0 Å². The predicted molar refractivity (Wildman–Crippen MR) is 104 cm³/mol. The summed E-state index contributed by atoms with van der Waals surface area (Å²) < 4.78 is 11.4. The first kappa shape index (κ1) is 19.3. The normalized spacial score (nSPS) is 12.0. The fourth-order valence-corrected chi connectivity index (χ4v) is 2.90. The minimum Gasteiger partial charge on any atom is -0.493 e. The van der Waals surface area contributed by atoms with Gasteiger partial charge in [0.25, 0.3) is 0 Å². The lowest BCUT2D eigenvalue weighted by atomic mass is 10.0. The molecule has 0 aliphatic rings. The molecule has 2 aromatic carbocycles. The van der Waals surface area contributed by atoms with E-state index < -0.39 is 0 Å². The molecule has 1 atom stereocenters. The summed E-state index contributed by atoms with van der Waals surface area (Å²) in [6, 6.07) is 17.1. The van der Waals surface area contributed by atoms with Crippen molar-refractivity contribution >= 4 is 0 Å². The second kappa shape index (κ2) is 10.8. The molecule has 136 valence electrons. The van der Waals surface area contributed by atoms with Crippen LogP contribution in [-0.2, 0) is 6.54 Å². The van der Waals surface area contributed by atoms with Gasteiger partial charge in [-0.15, -0.1) is 0 Å². The average molecular weight is 341 g/mol. The number of hydrogen-bond donors (Lipinski definition) is 1. The van der Waals surface area contributed by atoms with Crippen LogP contribution in [0.4, 0.5) is 0 Å². The molecule has 0 heterocycles. The van der Waals surface area contributed by atoms with E-state index in [2.05, 4.69) is 61.6 Å². The monoisotopic (exact) mass is 341 g/mol. The van der Waals surface area contributed by atoms with E-state index in [-0.39, 0.29) is 0 Å². The SMILES string of the molecule is CCCCCOc1ccc(CNC(CC)c2ccccc2)cc1OC. The van der Waals surface area contributed by atoms with Crippen LogP contribution in [0.2, 0.25) is 0 Å². The van der Waals surface area contributed by atoms with E-state index in [0.717, 1.165) is 37.5 Å². The summed E-state index contributed by atoms with van der Waals surface area (Å²) in [6.45, 7) is 5.95. The second-order valence-corrected chi connectivity index (χ2v) is 6.29. The van der Waals surface area contributed by atoms with Crippen molar-refractivity contribution in [2.45, 2.75) is 52.1 Å². The molecule has 3 nitrogen and oxygen atoms in total. The summed E-state index contributed by atoms with van der Waals surface area (Å²) in [5.41, 5.74) is 2.53. The van der Waals surface area contributed by atoms with Gasteiger partial charge in [-0.1, -0.05) is 63.1 Å². The topological polar surface area (TPSA) is 30.5 Å². The molecule has 0 bridgehead atoms. The zero-order valence-electron chi connectivity index (χ0n) is 15.8. The van der Waals surface area contributed by atoms with Gasteiger partial charge in [0.1, 0.15) is 0 Å². The number of hydrogen-bond acceptors (Lipinski definition) is 3. The van der Waals surface area contributed by atoms with Crippen molar-refractivity contribution < 1.29 is 9.47 Å². The van der Waals surface area contributed by atoms with Crippen molar-refractivity contribution in [2.75, 3.05) is 13.7 Å². The fourth-order valence-electron chi connectivity index (χ4n) is 2.90. The summed E-state index contributed by atoms with van der Waals surface area (Å²) in [5.74, 6) is 1.64. The van der Waals surface area contributed by atoms with Crippen molar-refractivity contribution in [1.29, 1.82) is 0 Å². The maximum absolute atomic E-state index is 5.86. The summed E-state index contributed by atoms with van der Waals surface area (Å²) in [4.78, 5) is 0. The molecule has 0 saturated carbocycles. The lowest BCUT2D eigenvalue weighted by Gasteiger charge is -2.18. The molecule has 1 unspecified atom stereocenters. The Morgan fingerprint density at radius 1 is 0.960 bits per heavy atom. The van der Waals surface area contributed by atoms with Gasteiger partial charge in [0.2, 0.25) is 0 Å². The quantitative estimate of drug-likeness (QED) is 0.547. The van der Waals surface area contributed by atoms with Crippen LogP contribution in [0.15, 0.2) is 48.5 Å². The van der Waals surface area contributed by atoms with Gasteiger partial charge >= 0.3 is 0 Å². The van der Waals surface area contributed by atoms with Gasteiger partial charge in [-0.3, -0.25) is 0 Å². The summed E-state index contributed by atoms with van der Waals surface area (Å²) >= 11 is 0. The summed E-state index contributed by atoms with van der Waals surface area (Å²) in [7, 11) is 1.70. The van der Waals surface area contributed by atoms with Crippen molar-refractivity contribution in [3.05, 3.63) is 59.7 Å². The van der Waals surface area contributed by atoms with Crippen molar-refractivity contribution in [2.24, 2.45) is 0 Å². The van der Waals surface area contributed by atoms with Gasteiger partial charge in [0.15, 0.2) is 11.5 Å². The summed E-state index contributed by atoms with van der Waals surface area (Å²) in [6.07, 6.45) is 4.53. The fraction of sp³-hybridized carbons (Fsp3) is 0.455. The number of unbranched alkanes of at least 4 members (excludes halogenated alkanes) is 2. The van der Waals surface area contributed by atoms with E-state index >= 15 is 0 Å². The highest BCUT2D eigenvalue weighted by atomic mass is 16.5. The van der Waals surface area contributed by atoms with Gasteiger partial charge < -0.3 is 14.8 Å². The summed E-state index contributed by atoms with van der Waals surface area (Å²) in [5, 5.41) is 3.64. The zero-order valence-corrected chi connectivity index (χ0v) is 15.8. The van der Waals surface area contributed by atoms with E-state index in [1.165, 1.54) is 24.0 Å². The largest absolute Gasteiger partial charge is 0.493 e. The number of benzene rings is 2. The first-order valence-electron chi connectivity index (χ1n) is 9.36. The minimum atomic E-state index is 0.358. The maximum atomic E-state index is 5.86. The molecule has 0 fully saturated rings. The average Bonchev–Trinajstić information content (AvgIpc) is 2.67. The molecule has 1 N–H and O–H groups in total. The first-order chi connectivity index (χ1) is 12.3. The molecule has 0 spiro atoms. The van der Waals surface area contributed by atoms with Crippen molar-refractivity contribution in [1.82, 2.24) is 5.32 Å². The van der Waals surface area contributed by atoms with Crippen LogP contribution in [0.25, 0.3) is 0 Å². The molecule has 3 heteroatoms. The van der Waals surface area contributed by atoms with Gasteiger partial charge in [-0.2, -0.15) is 0 Å². The van der Waals surface area contributed by atoms with E-state index in [9.17, 15) is 0 Å². The van der Waals surface area contributed by atoms with Crippen LogP contribution in [0, 0.1) is 0 Å². The standard InChI is InChI=1S/C22H31NO2/c1-4-6-10-15-25-21-14-13-18(16-22(21)24-3)17-23-20(5-2)19-11-8-7-9-12-19/h7-9,11-14,16,20,23H,4-6,10,15,17H2,1-3H3. The van der Waals surface area contributed by atoms with Crippen molar-refractivity contribution in [3.8, 4) is 11.5 Å². The Labute approximate surface area is 152 Å². The van der Waals surface area contributed by atoms with E-state index in [4.69, 9.17) is 9.47 Å². The number of rotatable bonds is 11. The van der Waals surface area contributed by atoms with Crippen LogP contribution < -0.4 is 14.8 Å². The molecule has 0 saturated heterocycles. The molecule has 0 amide bonds. The molecular formula is C22H31NO2. The second-order valence-electron chi connectivity index (χ2n) is 6.29. The molecule has 0 aliphatic carbocycles. The number of methoxy groups -OCH3 is 1. The smallest absolute Gasteiger partial charge is 0.161 e. The van der Waals surface area contributed by atoms with E-state index in [1.807, 2.05) is 6.07 Å². The van der Waals surface area contributed by atoms with Gasteiger partial charge in [0, 0.05) is 12.6 Å². The van der Waals surface area contributed by atoms with Crippen molar-refractivity contribution in [3.63, 3.8) is 0 Å². The Bertz CT molecular complexity index is 613. The Morgan fingerprint density at radius 3 is 2.44 bits per heavy atom. The lowest BCUT2D eigenvalue weighted by molar-refractivity contribution is 0.285. The number of nitrogens with one attached hydrogen (secondary N) is 1. The molecule has 2 rings (SSSR count). The third-order valence-electron chi connectivity index (χ3n) is 4.40. The molecule has 0 radical (unpaired) electrons. The van der Waals surface area contributed by atoms with E-state index in [1.54, 1.807) is 7.11 Å². The van der Waals surface area contributed by atoms with E-state index in [0.29, 0.717) is 6.04 Å². The zero-order chi connectivity index (χ0) is 17.9. The lowest BCUT2D eigenvalue weighted by Crippen LogP contribution is -2.20. The number of ether oxygens (including phenoxy) is 2. The van der Waals surface area contributed by atoms with Crippen LogP contribution in [0.1, 0.15) is 56.7 Å². The van der Waals surface area contributed by atoms with Crippen LogP contribution >= 0.6 is 0 Å². The predicted octanol–water partition coefficient (Wildman–Crippen LogP) is 5.51. The van der Waals surface area contributed by atoms with Gasteiger partial charge in [-0.05, 0) is 36.1 Å². The van der Waals surface area contributed by atoms with Crippen LogP contribution in [-0.4, -0.2) is 13.7 Å². The maximum Gasteiger partial charge on any atom is 0.161 e. The van der Waals surface area contributed by atoms with Gasteiger partial charge in [0.05, 0.1) is 13.7 Å². The molecule has 25 heavy (non-hydrogen) atoms. The Balaban J connectivity index is 1.95. The molecule has 2 aromatic rings. The molecule has 0 aromatic heterocycles. The Morgan fingerprint density at radius 2 is 1.76 bits per heavy atom. The Kier molecular flexibility index (Phi) is 8.33. The Hall–Kier alpha value is -2.00. The highest BCUT2D eigenvalue weighted by Crippen LogP contribution is 2.28. The molecule has 0 aliphatic heterocycles. The highest BCUT2D eigenvalue weighted by molar-refractivity contribution is 5.43. The third kappa shape index (κ3) is 6.09. The first-order valence-corrected chi connectivity index (χ1v) is 9.36. The van der Waals surface area contributed by atoms with Crippen LogP contribution in [0.5, 0.6) is 11.5 Å².